The third kappa shape index (κ3) is 7.07. The largest absolute Gasteiger partial charge is 0.312 e. The Bertz CT molecular complexity index is 197. The molecule has 0 heterocycles. The molecule has 0 spiro atoms. The molecular formula is C6H12N2O6. The lowest BCUT2D eigenvalue weighted by Crippen LogP contribution is -2.24. The predicted molar refractivity (Wildman–Crippen MR) is 44.3 cm³/mol. The summed E-state index contributed by atoms with van der Waals surface area (Å²) in [6.07, 6.45) is 1.02. The molecule has 0 amide bonds. The SMILES string of the molecule is CCCC[C@H](CO[N+](=O)[O-])O[N+](=O)[O-]. The Kier molecular flexibility index (Phi) is 6.08. The van der Waals surface area contributed by atoms with Crippen molar-refractivity contribution in [2.75, 3.05) is 6.61 Å². The minimum atomic E-state index is -0.998. The summed E-state index contributed by atoms with van der Waals surface area (Å²) in [6.45, 7) is 1.49. The second-order valence-electron chi connectivity index (χ2n) is 2.61. The molecule has 0 radical (unpaired) electrons. The Labute approximate surface area is 80.0 Å². The fourth-order valence-corrected chi connectivity index (χ4v) is 0.864. The Morgan fingerprint density at radius 1 is 1.29 bits per heavy atom. The van der Waals surface area contributed by atoms with Crippen molar-refractivity contribution in [3.63, 3.8) is 0 Å². The lowest BCUT2D eigenvalue weighted by Gasteiger charge is -2.12. The van der Waals surface area contributed by atoms with Crippen molar-refractivity contribution in [2.24, 2.45) is 0 Å². The zero-order valence-corrected chi connectivity index (χ0v) is 7.75. The number of nitrogens with zero attached hydrogens (tertiary/aromatic N) is 2. The molecule has 0 bridgehead atoms. The molecule has 8 heteroatoms. The van der Waals surface area contributed by atoms with E-state index in [9.17, 15) is 20.2 Å². The molecule has 0 N–H and O–H groups in total. The molecule has 0 aliphatic rings. The minimum absolute atomic E-state index is 0.366. The van der Waals surface area contributed by atoms with E-state index in [1.54, 1.807) is 0 Å². The van der Waals surface area contributed by atoms with Crippen LogP contribution in [0.1, 0.15) is 26.2 Å². The molecule has 0 aromatic carbocycles. The molecule has 82 valence electrons. The fourth-order valence-electron chi connectivity index (χ4n) is 0.864. The van der Waals surface area contributed by atoms with E-state index in [0.29, 0.717) is 12.8 Å². The van der Waals surface area contributed by atoms with E-state index in [2.05, 4.69) is 9.68 Å². The maximum atomic E-state index is 9.98. The zero-order chi connectivity index (χ0) is 11.0. The van der Waals surface area contributed by atoms with Crippen LogP contribution in [0, 0.1) is 20.2 Å². The van der Waals surface area contributed by atoms with Gasteiger partial charge in [0.2, 0.25) is 0 Å². The zero-order valence-electron chi connectivity index (χ0n) is 7.75. The molecule has 0 aliphatic heterocycles. The lowest BCUT2D eigenvalue weighted by atomic mass is 10.2. The standard InChI is InChI=1S/C6H12N2O6/c1-2-3-4-6(14-8(11)12)5-13-7(9)10/h6H,2-5H2,1H3/t6-/m1/s1. The molecule has 14 heavy (non-hydrogen) atoms. The van der Waals surface area contributed by atoms with Crippen LogP contribution in [0.2, 0.25) is 0 Å². The van der Waals surface area contributed by atoms with Crippen LogP contribution in [0.5, 0.6) is 0 Å². The molecular weight excluding hydrogens is 196 g/mol. The smallest absolute Gasteiger partial charge is 0.294 e. The van der Waals surface area contributed by atoms with Crippen LogP contribution < -0.4 is 0 Å². The van der Waals surface area contributed by atoms with Crippen molar-refractivity contribution in [1.29, 1.82) is 0 Å². The molecule has 0 aliphatic carbocycles. The van der Waals surface area contributed by atoms with Gasteiger partial charge in [0.25, 0.3) is 10.2 Å². The van der Waals surface area contributed by atoms with E-state index in [4.69, 9.17) is 0 Å². The van der Waals surface area contributed by atoms with Gasteiger partial charge in [-0.25, -0.2) is 0 Å². The van der Waals surface area contributed by atoms with Gasteiger partial charge in [0.05, 0.1) is 0 Å². The van der Waals surface area contributed by atoms with Crippen LogP contribution in [0.4, 0.5) is 0 Å². The van der Waals surface area contributed by atoms with E-state index in [0.717, 1.165) is 6.42 Å². The van der Waals surface area contributed by atoms with Crippen LogP contribution in [0.15, 0.2) is 0 Å². The summed E-state index contributed by atoms with van der Waals surface area (Å²) in [5.41, 5.74) is 0. The average molecular weight is 208 g/mol. The molecule has 0 aromatic heterocycles. The first-order valence-corrected chi connectivity index (χ1v) is 4.14. The Morgan fingerprint density at radius 2 is 1.93 bits per heavy atom. The van der Waals surface area contributed by atoms with Gasteiger partial charge < -0.3 is 9.68 Å². The van der Waals surface area contributed by atoms with E-state index >= 15 is 0 Å². The van der Waals surface area contributed by atoms with Gasteiger partial charge in [-0.05, 0) is 6.42 Å². The van der Waals surface area contributed by atoms with Gasteiger partial charge in [-0.3, -0.25) is 0 Å². The molecule has 0 fully saturated rings. The van der Waals surface area contributed by atoms with Gasteiger partial charge in [0.15, 0.2) is 0 Å². The summed E-state index contributed by atoms with van der Waals surface area (Å²) in [6, 6.07) is 0. The highest BCUT2D eigenvalue weighted by Crippen LogP contribution is 2.05. The van der Waals surface area contributed by atoms with Crippen molar-refractivity contribution < 1.29 is 19.8 Å². The van der Waals surface area contributed by atoms with Gasteiger partial charge in [0.1, 0.15) is 12.7 Å². The van der Waals surface area contributed by atoms with Crippen molar-refractivity contribution in [2.45, 2.75) is 32.3 Å². The summed E-state index contributed by atoms with van der Waals surface area (Å²) in [4.78, 5) is 28.0. The molecule has 0 unspecified atom stereocenters. The topological polar surface area (TPSA) is 105 Å². The van der Waals surface area contributed by atoms with Gasteiger partial charge in [-0.1, -0.05) is 19.8 Å². The maximum absolute atomic E-state index is 9.98. The van der Waals surface area contributed by atoms with E-state index < -0.39 is 22.9 Å². The fraction of sp³-hybridized carbons (Fsp3) is 1.00. The predicted octanol–water partition coefficient (Wildman–Crippen LogP) is 0.962. The van der Waals surface area contributed by atoms with Gasteiger partial charge in [-0.2, -0.15) is 0 Å². The molecule has 8 nitrogen and oxygen atoms in total. The second-order valence-corrected chi connectivity index (χ2v) is 2.61. The van der Waals surface area contributed by atoms with Gasteiger partial charge >= 0.3 is 0 Å². The van der Waals surface area contributed by atoms with E-state index in [1.165, 1.54) is 0 Å². The Morgan fingerprint density at radius 3 is 2.36 bits per heavy atom. The normalized spacial score (nSPS) is 11.8. The van der Waals surface area contributed by atoms with Crippen LogP contribution >= 0.6 is 0 Å². The molecule has 0 rings (SSSR count). The first-order valence-electron chi connectivity index (χ1n) is 4.14. The van der Waals surface area contributed by atoms with Crippen molar-refractivity contribution in [3.05, 3.63) is 20.2 Å². The Hall–Kier alpha value is -1.60. The average Bonchev–Trinajstić information content (AvgIpc) is 2.09. The highest BCUT2D eigenvalue weighted by Gasteiger charge is 2.14. The molecule has 0 aromatic rings. The Balaban J connectivity index is 3.83. The summed E-state index contributed by atoms with van der Waals surface area (Å²) >= 11 is 0. The number of rotatable bonds is 8. The van der Waals surface area contributed by atoms with Crippen molar-refractivity contribution >= 4 is 0 Å². The highest BCUT2D eigenvalue weighted by molar-refractivity contribution is 4.53. The highest BCUT2D eigenvalue weighted by atomic mass is 17.0. The van der Waals surface area contributed by atoms with Crippen LogP contribution in [-0.4, -0.2) is 22.9 Å². The number of hydrogen-bond donors (Lipinski definition) is 0. The summed E-state index contributed by atoms with van der Waals surface area (Å²) in [5, 5.41) is 17.8. The monoisotopic (exact) mass is 208 g/mol. The minimum Gasteiger partial charge on any atom is -0.312 e. The molecule has 0 saturated carbocycles. The lowest BCUT2D eigenvalue weighted by molar-refractivity contribution is -0.790. The number of unbranched alkanes of at least 4 members (excludes halogenated alkanes) is 1. The molecule has 1 atom stereocenters. The maximum Gasteiger partial charge on any atom is 0.294 e. The van der Waals surface area contributed by atoms with Gasteiger partial charge in [0, 0.05) is 0 Å². The number of hydrogen-bond acceptors (Lipinski definition) is 6. The first kappa shape index (κ1) is 12.4. The quantitative estimate of drug-likeness (QED) is 0.434. The summed E-state index contributed by atoms with van der Waals surface area (Å²) < 4.78 is 0. The van der Waals surface area contributed by atoms with Crippen LogP contribution in [0.25, 0.3) is 0 Å². The van der Waals surface area contributed by atoms with Crippen molar-refractivity contribution in [1.82, 2.24) is 0 Å². The summed E-state index contributed by atoms with van der Waals surface area (Å²) in [5.74, 6) is 0. The van der Waals surface area contributed by atoms with Gasteiger partial charge in [-0.15, -0.1) is 20.2 Å². The second kappa shape index (κ2) is 6.87. The molecule has 0 saturated heterocycles. The van der Waals surface area contributed by atoms with E-state index in [1.807, 2.05) is 6.92 Å². The van der Waals surface area contributed by atoms with Crippen LogP contribution in [0.3, 0.4) is 0 Å². The third-order valence-electron chi connectivity index (χ3n) is 1.48. The first-order chi connectivity index (χ1) is 6.56. The summed E-state index contributed by atoms with van der Waals surface area (Å²) in [7, 11) is 0. The van der Waals surface area contributed by atoms with E-state index in [-0.39, 0.29) is 0 Å². The third-order valence-corrected chi connectivity index (χ3v) is 1.48. The van der Waals surface area contributed by atoms with Crippen LogP contribution in [-0.2, 0) is 9.68 Å². The van der Waals surface area contributed by atoms with Crippen molar-refractivity contribution in [3.8, 4) is 0 Å².